The molecule has 1 saturated carbocycles. The van der Waals surface area contributed by atoms with E-state index in [9.17, 15) is 14.0 Å². The van der Waals surface area contributed by atoms with Crippen LogP contribution in [-0.4, -0.2) is 32.8 Å². The third-order valence-corrected chi connectivity index (χ3v) is 5.77. The van der Waals surface area contributed by atoms with Gasteiger partial charge in [-0.2, -0.15) is 5.10 Å². The second kappa shape index (κ2) is 6.21. The number of halogens is 1. The number of thiophene rings is 1. The monoisotopic (exact) mass is 373 g/mol. The van der Waals surface area contributed by atoms with Crippen molar-refractivity contribution >= 4 is 33.4 Å². The maximum absolute atomic E-state index is 13.2. The molecule has 0 saturated heterocycles. The third kappa shape index (κ3) is 2.86. The van der Waals surface area contributed by atoms with Crippen molar-refractivity contribution in [1.82, 2.24) is 15.1 Å². The summed E-state index contributed by atoms with van der Waals surface area (Å²) in [7, 11) is 0. The van der Waals surface area contributed by atoms with Gasteiger partial charge in [0.2, 0.25) is 0 Å². The first kappa shape index (κ1) is 16.7. The fraction of sp³-hybridized carbons (Fsp3) is 0.278. The highest BCUT2D eigenvalue weighted by molar-refractivity contribution is 7.20. The van der Waals surface area contributed by atoms with Crippen LogP contribution in [0.3, 0.4) is 0 Å². The number of carboxylic acid groups (broad SMARTS) is 1. The topological polar surface area (TPSA) is 84.2 Å². The molecule has 0 unspecified atom stereocenters. The van der Waals surface area contributed by atoms with Crippen LogP contribution in [-0.2, 0) is 4.79 Å². The SMILES string of the molecule is Cc1nn(-c2ccc(F)cc2)c2sc(C(=O)NC3CC(C(=O)O)C3)cc12. The molecular weight excluding hydrogens is 357 g/mol. The number of nitrogens with zero attached hydrogens (tertiary/aromatic N) is 2. The zero-order valence-corrected chi connectivity index (χ0v) is 14.7. The molecule has 2 heterocycles. The lowest BCUT2D eigenvalue weighted by Gasteiger charge is -2.32. The molecule has 1 aliphatic rings. The first-order valence-corrected chi connectivity index (χ1v) is 9.03. The van der Waals surface area contributed by atoms with Crippen molar-refractivity contribution in [1.29, 1.82) is 0 Å². The van der Waals surface area contributed by atoms with Gasteiger partial charge in [-0.25, -0.2) is 9.07 Å². The third-order valence-electron chi connectivity index (χ3n) is 4.66. The van der Waals surface area contributed by atoms with E-state index in [2.05, 4.69) is 10.4 Å². The average molecular weight is 373 g/mol. The summed E-state index contributed by atoms with van der Waals surface area (Å²) < 4.78 is 14.9. The number of rotatable bonds is 4. The summed E-state index contributed by atoms with van der Waals surface area (Å²) in [6, 6.07) is 7.72. The summed E-state index contributed by atoms with van der Waals surface area (Å²) >= 11 is 1.31. The molecule has 0 aliphatic heterocycles. The zero-order chi connectivity index (χ0) is 18.4. The van der Waals surface area contributed by atoms with Crippen LogP contribution in [0.1, 0.15) is 28.2 Å². The highest BCUT2D eigenvalue weighted by Gasteiger charge is 2.35. The Labute approximate surface area is 152 Å². The Hall–Kier alpha value is -2.74. The lowest BCUT2D eigenvalue weighted by Crippen LogP contribution is -2.46. The molecule has 0 bridgehead atoms. The molecule has 8 heteroatoms. The van der Waals surface area contributed by atoms with Gasteiger partial charge in [-0.3, -0.25) is 9.59 Å². The number of nitrogens with one attached hydrogen (secondary N) is 1. The van der Waals surface area contributed by atoms with E-state index in [-0.39, 0.29) is 23.7 Å². The second-order valence-corrected chi connectivity index (χ2v) is 7.51. The zero-order valence-electron chi connectivity index (χ0n) is 13.9. The Bertz CT molecular complexity index is 1000. The van der Waals surface area contributed by atoms with Crippen molar-refractivity contribution in [3.8, 4) is 5.69 Å². The molecule has 134 valence electrons. The Morgan fingerprint density at radius 3 is 2.65 bits per heavy atom. The summed E-state index contributed by atoms with van der Waals surface area (Å²) in [6.45, 7) is 1.86. The van der Waals surface area contributed by atoms with Crippen LogP contribution in [0.5, 0.6) is 0 Å². The predicted octanol–water partition coefficient (Wildman–Crippen LogP) is 3.13. The first-order valence-electron chi connectivity index (χ1n) is 8.21. The lowest BCUT2D eigenvalue weighted by atomic mass is 9.80. The number of hydrogen-bond donors (Lipinski definition) is 2. The first-order chi connectivity index (χ1) is 12.4. The van der Waals surface area contributed by atoms with Gasteiger partial charge in [0.25, 0.3) is 5.91 Å². The van der Waals surface area contributed by atoms with Gasteiger partial charge >= 0.3 is 5.97 Å². The maximum atomic E-state index is 13.2. The van der Waals surface area contributed by atoms with Crippen LogP contribution in [0.15, 0.2) is 30.3 Å². The molecule has 3 aromatic rings. The fourth-order valence-corrected chi connectivity index (χ4v) is 4.20. The number of hydrogen-bond acceptors (Lipinski definition) is 4. The Morgan fingerprint density at radius 1 is 1.31 bits per heavy atom. The molecule has 6 nitrogen and oxygen atoms in total. The molecule has 1 amide bonds. The van der Waals surface area contributed by atoms with Crippen LogP contribution in [0.25, 0.3) is 15.9 Å². The van der Waals surface area contributed by atoms with Gasteiger partial charge in [-0.15, -0.1) is 11.3 Å². The summed E-state index contributed by atoms with van der Waals surface area (Å²) in [5.41, 5.74) is 1.51. The number of carboxylic acids is 1. The van der Waals surface area contributed by atoms with Gasteiger partial charge in [0, 0.05) is 11.4 Å². The summed E-state index contributed by atoms with van der Waals surface area (Å²) in [4.78, 5) is 24.7. The predicted molar refractivity (Wildman–Crippen MR) is 95.3 cm³/mol. The van der Waals surface area contributed by atoms with Gasteiger partial charge in [0.1, 0.15) is 10.6 Å². The van der Waals surface area contributed by atoms with Crippen molar-refractivity contribution < 1.29 is 19.1 Å². The maximum Gasteiger partial charge on any atom is 0.306 e. The summed E-state index contributed by atoms with van der Waals surface area (Å²) in [6.07, 6.45) is 0.933. The molecule has 26 heavy (non-hydrogen) atoms. The number of fused-ring (bicyclic) bond motifs is 1. The minimum atomic E-state index is -0.813. The molecule has 0 spiro atoms. The Kier molecular flexibility index (Phi) is 3.99. The smallest absolute Gasteiger partial charge is 0.306 e. The van der Waals surface area contributed by atoms with Crippen LogP contribution in [0, 0.1) is 18.7 Å². The van der Waals surface area contributed by atoms with E-state index in [0.717, 1.165) is 21.6 Å². The van der Waals surface area contributed by atoms with Gasteiger partial charge in [-0.1, -0.05) is 0 Å². The van der Waals surface area contributed by atoms with E-state index in [1.165, 1.54) is 23.5 Å². The number of amides is 1. The molecule has 1 fully saturated rings. The second-order valence-electron chi connectivity index (χ2n) is 6.48. The molecule has 0 radical (unpaired) electrons. The molecule has 4 rings (SSSR count). The van der Waals surface area contributed by atoms with Gasteiger partial charge in [0.05, 0.1) is 22.2 Å². The molecule has 2 aromatic heterocycles. The van der Waals surface area contributed by atoms with E-state index in [4.69, 9.17) is 5.11 Å². The van der Waals surface area contributed by atoms with Crippen LogP contribution in [0.2, 0.25) is 0 Å². The van der Waals surface area contributed by atoms with Crippen LogP contribution < -0.4 is 5.32 Å². The highest BCUT2D eigenvalue weighted by atomic mass is 32.1. The van der Waals surface area contributed by atoms with Crippen molar-refractivity contribution in [3.63, 3.8) is 0 Å². The number of carbonyl (C=O) groups excluding carboxylic acids is 1. The van der Waals surface area contributed by atoms with E-state index in [1.807, 2.05) is 6.92 Å². The van der Waals surface area contributed by atoms with Crippen molar-refractivity contribution in [2.75, 3.05) is 0 Å². The molecule has 1 aliphatic carbocycles. The summed E-state index contributed by atoms with van der Waals surface area (Å²) in [5.74, 6) is -1.70. The van der Waals surface area contributed by atoms with Gasteiger partial charge in [-0.05, 0) is 50.1 Å². The normalized spacial score (nSPS) is 19.3. The Balaban J connectivity index is 1.58. The van der Waals surface area contributed by atoms with Crippen molar-refractivity contribution in [2.24, 2.45) is 5.92 Å². The minimum absolute atomic E-state index is 0.0940. The number of benzene rings is 1. The van der Waals surface area contributed by atoms with Gasteiger partial charge in [0.15, 0.2) is 0 Å². The number of aryl methyl sites for hydroxylation is 1. The average Bonchev–Trinajstić information content (AvgIpc) is 3.12. The molecule has 0 atom stereocenters. The molecular formula is C18H16FN3O3S. The Morgan fingerprint density at radius 2 is 2.00 bits per heavy atom. The fourth-order valence-electron chi connectivity index (χ4n) is 3.11. The van der Waals surface area contributed by atoms with E-state index in [0.29, 0.717) is 17.7 Å². The van der Waals surface area contributed by atoms with E-state index >= 15 is 0 Å². The summed E-state index contributed by atoms with van der Waals surface area (Å²) in [5, 5.41) is 17.1. The van der Waals surface area contributed by atoms with E-state index < -0.39 is 5.97 Å². The quantitative estimate of drug-likeness (QED) is 0.736. The number of carbonyl (C=O) groups is 2. The lowest BCUT2D eigenvalue weighted by molar-refractivity contribution is -0.145. The van der Waals surface area contributed by atoms with Gasteiger partial charge < -0.3 is 10.4 Å². The molecule has 1 aromatic carbocycles. The minimum Gasteiger partial charge on any atom is -0.481 e. The molecule has 2 N–H and O–H groups in total. The number of aliphatic carboxylic acids is 1. The van der Waals surface area contributed by atoms with Crippen molar-refractivity contribution in [2.45, 2.75) is 25.8 Å². The largest absolute Gasteiger partial charge is 0.481 e. The van der Waals surface area contributed by atoms with Crippen molar-refractivity contribution in [3.05, 3.63) is 46.7 Å². The standard InChI is InChI=1S/C18H16FN3O3S/c1-9-14-8-15(16(23)20-12-6-10(7-12)18(24)25)26-17(14)22(21-9)13-4-2-11(19)3-5-13/h2-5,8,10,12H,6-7H2,1H3,(H,20,23)(H,24,25). The van der Waals surface area contributed by atoms with E-state index in [1.54, 1.807) is 22.9 Å². The van der Waals surface area contributed by atoms with Crippen LogP contribution in [0.4, 0.5) is 4.39 Å². The van der Waals surface area contributed by atoms with Crippen LogP contribution >= 0.6 is 11.3 Å². The number of aromatic nitrogens is 2. The highest BCUT2D eigenvalue weighted by Crippen LogP contribution is 2.32.